The van der Waals surface area contributed by atoms with Gasteiger partial charge in [-0.1, -0.05) is 20.8 Å². The number of aliphatic carboxylic acids is 1. The Morgan fingerprint density at radius 3 is 2.61 bits per heavy atom. The molecule has 0 saturated carbocycles. The van der Waals surface area contributed by atoms with Gasteiger partial charge in [0.2, 0.25) is 5.91 Å². The highest BCUT2D eigenvalue weighted by atomic mass is 16.5. The first-order valence-corrected chi connectivity index (χ1v) is 6.60. The van der Waals surface area contributed by atoms with Crippen molar-refractivity contribution in [2.24, 2.45) is 11.8 Å². The number of carbonyl (C=O) groups excluding carboxylic acids is 1. The van der Waals surface area contributed by atoms with Crippen molar-refractivity contribution in [1.29, 1.82) is 0 Å². The van der Waals surface area contributed by atoms with Crippen LogP contribution in [0.1, 0.15) is 40.0 Å². The molecule has 2 N–H and O–H groups in total. The fourth-order valence-corrected chi connectivity index (χ4v) is 2.32. The summed E-state index contributed by atoms with van der Waals surface area (Å²) in [7, 11) is 0. The number of ether oxygens (including phenoxy) is 1. The quantitative estimate of drug-likeness (QED) is 0.754. The van der Waals surface area contributed by atoms with Gasteiger partial charge in [0.05, 0.1) is 12.0 Å². The Hall–Kier alpha value is -1.10. The third kappa shape index (κ3) is 3.98. The zero-order valence-electron chi connectivity index (χ0n) is 11.3. The number of amides is 1. The van der Waals surface area contributed by atoms with Crippen molar-refractivity contribution in [3.05, 3.63) is 0 Å². The van der Waals surface area contributed by atoms with E-state index in [-0.39, 0.29) is 23.8 Å². The fourth-order valence-electron chi connectivity index (χ4n) is 2.32. The molecule has 0 aromatic rings. The number of carboxylic acids is 1. The van der Waals surface area contributed by atoms with E-state index in [0.29, 0.717) is 19.4 Å². The van der Waals surface area contributed by atoms with Crippen LogP contribution in [0.25, 0.3) is 0 Å². The highest BCUT2D eigenvalue weighted by Crippen LogP contribution is 2.23. The van der Waals surface area contributed by atoms with Crippen LogP contribution in [0.5, 0.6) is 0 Å². The van der Waals surface area contributed by atoms with E-state index in [0.717, 1.165) is 6.42 Å². The van der Waals surface area contributed by atoms with Gasteiger partial charge >= 0.3 is 5.97 Å². The van der Waals surface area contributed by atoms with E-state index in [1.54, 1.807) is 0 Å². The molecule has 1 fully saturated rings. The van der Waals surface area contributed by atoms with Crippen LogP contribution in [-0.2, 0) is 14.3 Å². The third-order valence-electron chi connectivity index (χ3n) is 3.27. The van der Waals surface area contributed by atoms with Gasteiger partial charge in [-0.3, -0.25) is 4.79 Å². The predicted octanol–water partition coefficient (Wildman–Crippen LogP) is 1.42. The molecule has 1 aliphatic heterocycles. The first-order valence-electron chi connectivity index (χ1n) is 6.60. The zero-order chi connectivity index (χ0) is 13.7. The van der Waals surface area contributed by atoms with E-state index in [1.807, 2.05) is 20.8 Å². The molecule has 0 aromatic carbocycles. The van der Waals surface area contributed by atoms with Crippen LogP contribution in [0.15, 0.2) is 0 Å². The molecule has 1 rings (SSSR count). The summed E-state index contributed by atoms with van der Waals surface area (Å²) in [5.41, 5.74) is 0. The summed E-state index contributed by atoms with van der Waals surface area (Å²) in [5, 5.41) is 11.7. The minimum absolute atomic E-state index is 0.0708. The van der Waals surface area contributed by atoms with Gasteiger partial charge in [0.25, 0.3) is 0 Å². The van der Waals surface area contributed by atoms with Crippen LogP contribution < -0.4 is 5.32 Å². The highest BCUT2D eigenvalue weighted by Gasteiger charge is 2.34. The fraction of sp³-hybridized carbons (Fsp3) is 0.846. The molecule has 0 aliphatic carbocycles. The summed E-state index contributed by atoms with van der Waals surface area (Å²) in [6.07, 6.45) is 1.84. The Morgan fingerprint density at radius 1 is 1.44 bits per heavy atom. The van der Waals surface area contributed by atoms with Crippen LogP contribution in [0.4, 0.5) is 0 Å². The maximum atomic E-state index is 12.1. The number of hydrogen-bond acceptors (Lipinski definition) is 3. The average molecular weight is 257 g/mol. The number of carbonyl (C=O) groups is 2. The molecule has 104 valence electrons. The number of nitrogens with one attached hydrogen (secondary N) is 1. The minimum Gasteiger partial charge on any atom is -0.480 e. The van der Waals surface area contributed by atoms with Gasteiger partial charge in [-0.2, -0.15) is 0 Å². The number of rotatable bonds is 6. The Labute approximate surface area is 108 Å². The van der Waals surface area contributed by atoms with Gasteiger partial charge in [0.1, 0.15) is 6.04 Å². The van der Waals surface area contributed by atoms with Crippen molar-refractivity contribution in [2.75, 3.05) is 6.61 Å². The Morgan fingerprint density at radius 2 is 2.11 bits per heavy atom. The maximum Gasteiger partial charge on any atom is 0.326 e. The molecule has 0 aromatic heterocycles. The van der Waals surface area contributed by atoms with E-state index < -0.39 is 12.0 Å². The summed E-state index contributed by atoms with van der Waals surface area (Å²) in [6.45, 7) is 6.43. The molecule has 0 radical (unpaired) electrons. The normalized spacial score (nSPS) is 25.1. The molecule has 3 atom stereocenters. The van der Waals surface area contributed by atoms with Gasteiger partial charge in [-0.15, -0.1) is 0 Å². The minimum atomic E-state index is -0.969. The lowest BCUT2D eigenvalue weighted by Crippen LogP contribution is -2.45. The van der Waals surface area contributed by atoms with Gasteiger partial charge in [-0.05, 0) is 25.2 Å². The second-order valence-corrected chi connectivity index (χ2v) is 5.24. The van der Waals surface area contributed by atoms with E-state index >= 15 is 0 Å². The molecule has 1 amide bonds. The monoisotopic (exact) mass is 257 g/mol. The smallest absolute Gasteiger partial charge is 0.326 e. The van der Waals surface area contributed by atoms with Crippen LogP contribution in [0.2, 0.25) is 0 Å². The van der Waals surface area contributed by atoms with Crippen LogP contribution in [0.3, 0.4) is 0 Å². The Bertz CT molecular complexity index is 303. The SMILES string of the molecule is CCC1OCCC1C(=O)N[C@H](CC(C)C)C(=O)O. The number of carboxylic acid groups (broad SMARTS) is 1. The molecule has 0 spiro atoms. The van der Waals surface area contributed by atoms with Crippen molar-refractivity contribution in [3.63, 3.8) is 0 Å². The Balaban J connectivity index is 2.58. The molecule has 2 unspecified atom stereocenters. The first-order chi connectivity index (χ1) is 8.45. The Kier molecular flexibility index (Phi) is 5.59. The van der Waals surface area contributed by atoms with E-state index in [4.69, 9.17) is 9.84 Å². The molecule has 1 saturated heterocycles. The van der Waals surface area contributed by atoms with E-state index in [1.165, 1.54) is 0 Å². The molecule has 18 heavy (non-hydrogen) atoms. The molecule has 5 heteroatoms. The largest absolute Gasteiger partial charge is 0.480 e. The first kappa shape index (κ1) is 15.0. The summed E-state index contributed by atoms with van der Waals surface area (Å²) >= 11 is 0. The van der Waals surface area contributed by atoms with Crippen molar-refractivity contribution < 1.29 is 19.4 Å². The van der Waals surface area contributed by atoms with Gasteiger partial charge in [0.15, 0.2) is 0 Å². The maximum absolute atomic E-state index is 12.1. The van der Waals surface area contributed by atoms with Crippen molar-refractivity contribution >= 4 is 11.9 Å². The lowest BCUT2D eigenvalue weighted by atomic mass is 9.97. The van der Waals surface area contributed by atoms with Crippen molar-refractivity contribution in [1.82, 2.24) is 5.32 Å². The second kappa shape index (κ2) is 6.73. The van der Waals surface area contributed by atoms with Gasteiger partial charge in [0, 0.05) is 6.61 Å². The summed E-state index contributed by atoms with van der Waals surface area (Å²) in [5.74, 6) is -1.13. The molecule has 1 aliphatic rings. The summed E-state index contributed by atoms with van der Waals surface area (Å²) in [4.78, 5) is 23.1. The molecule has 5 nitrogen and oxygen atoms in total. The standard InChI is InChI=1S/C13H23NO4/c1-4-11-9(5-6-18-11)12(15)14-10(13(16)17)7-8(2)3/h8-11H,4-7H2,1-3H3,(H,14,15)(H,16,17)/t9?,10-,11?/m1/s1. The highest BCUT2D eigenvalue weighted by molar-refractivity contribution is 5.85. The average Bonchev–Trinajstić information content (AvgIpc) is 2.75. The van der Waals surface area contributed by atoms with E-state index in [9.17, 15) is 9.59 Å². The lowest BCUT2D eigenvalue weighted by Gasteiger charge is -2.21. The molecule has 1 heterocycles. The predicted molar refractivity (Wildman–Crippen MR) is 67.2 cm³/mol. The van der Waals surface area contributed by atoms with Gasteiger partial charge < -0.3 is 15.2 Å². The lowest BCUT2D eigenvalue weighted by molar-refractivity contribution is -0.143. The third-order valence-corrected chi connectivity index (χ3v) is 3.27. The zero-order valence-corrected chi connectivity index (χ0v) is 11.3. The van der Waals surface area contributed by atoms with E-state index in [2.05, 4.69) is 5.32 Å². The molecular formula is C13H23NO4. The van der Waals surface area contributed by atoms with Gasteiger partial charge in [-0.25, -0.2) is 4.79 Å². The second-order valence-electron chi connectivity index (χ2n) is 5.24. The number of hydrogen-bond donors (Lipinski definition) is 2. The van der Waals surface area contributed by atoms with Crippen LogP contribution >= 0.6 is 0 Å². The molecular weight excluding hydrogens is 234 g/mol. The van der Waals surface area contributed by atoms with Crippen LogP contribution in [-0.4, -0.2) is 35.7 Å². The topological polar surface area (TPSA) is 75.6 Å². The molecule has 0 bridgehead atoms. The van der Waals surface area contributed by atoms with Crippen molar-refractivity contribution in [3.8, 4) is 0 Å². The van der Waals surface area contributed by atoms with Crippen molar-refractivity contribution in [2.45, 2.75) is 52.2 Å². The summed E-state index contributed by atoms with van der Waals surface area (Å²) in [6, 6.07) is -0.796. The van der Waals surface area contributed by atoms with Crippen LogP contribution in [0, 0.1) is 11.8 Å². The summed E-state index contributed by atoms with van der Waals surface area (Å²) < 4.78 is 5.45.